The Morgan fingerprint density at radius 3 is 2.67 bits per heavy atom. The van der Waals surface area contributed by atoms with E-state index in [9.17, 15) is 4.79 Å². The second-order valence-corrected chi connectivity index (χ2v) is 4.13. The SMILES string of the molecule is O=C(CN1CC=CCC1)N1CCNCC1. The van der Waals surface area contributed by atoms with Gasteiger partial charge in [-0.2, -0.15) is 0 Å². The summed E-state index contributed by atoms with van der Waals surface area (Å²) in [6.45, 7) is 6.14. The number of piperazine rings is 1. The van der Waals surface area contributed by atoms with Gasteiger partial charge in [0, 0.05) is 39.3 Å². The van der Waals surface area contributed by atoms with Crippen molar-refractivity contribution in [1.29, 1.82) is 0 Å². The highest BCUT2D eigenvalue weighted by Crippen LogP contribution is 2.02. The van der Waals surface area contributed by atoms with E-state index in [0.29, 0.717) is 6.54 Å². The molecule has 0 aromatic carbocycles. The number of hydrogen-bond donors (Lipinski definition) is 1. The molecule has 0 spiro atoms. The van der Waals surface area contributed by atoms with Crippen LogP contribution >= 0.6 is 0 Å². The molecule has 1 N–H and O–H groups in total. The quantitative estimate of drug-likeness (QED) is 0.633. The summed E-state index contributed by atoms with van der Waals surface area (Å²) < 4.78 is 0. The van der Waals surface area contributed by atoms with E-state index in [0.717, 1.165) is 45.7 Å². The van der Waals surface area contributed by atoms with Gasteiger partial charge in [0.15, 0.2) is 0 Å². The number of hydrogen-bond acceptors (Lipinski definition) is 3. The molecule has 0 bridgehead atoms. The predicted molar refractivity (Wildman–Crippen MR) is 59.6 cm³/mol. The van der Waals surface area contributed by atoms with Gasteiger partial charge in [-0.1, -0.05) is 12.2 Å². The molecule has 4 nitrogen and oxygen atoms in total. The van der Waals surface area contributed by atoms with Gasteiger partial charge in [-0.05, 0) is 6.42 Å². The van der Waals surface area contributed by atoms with Crippen LogP contribution in [0.4, 0.5) is 0 Å². The molecule has 0 aliphatic carbocycles. The first-order chi connectivity index (χ1) is 7.36. The Hall–Kier alpha value is -0.870. The fraction of sp³-hybridized carbons (Fsp3) is 0.727. The Morgan fingerprint density at radius 2 is 2.00 bits per heavy atom. The molecule has 2 rings (SSSR count). The lowest BCUT2D eigenvalue weighted by Gasteiger charge is -2.30. The summed E-state index contributed by atoms with van der Waals surface area (Å²) in [5, 5.41) is 3.25. The van der Waals surface area contributed by atoms with E-state index in [2.05, 4.69) is 22.4 Å². The van der Waals surface area contributed by atoms with E-state index < -0.39 is 0 Å². The van der Waals surface area contributed by atoms with E-state index >= 15 is 0 Å². The average Bonchev–Trinajstić information content (AvgIpc) is 2.31. The standard InChI is InChI=1S/C11H19N3O/c15-11(14-8-4-12-5-9-14)10-13-6-2-1-3-7-13/h1-2,12H,3-10H2. The third-order valence-corrected chi connectivity index (χ3v) is 2.97. The molecule has 2 aliphatic rings. The Kier molecular flexibility index (Phi) is 3.75. The van der Waals surface area contributed by atoms with Gasteiger partial charge >= 0.3 is 0 Å². The molecule has 1 amide bonds. The van der Waals surface area contributed by atoms with Crippen LogP contribution in [-0.4, -0.2) is 61.5 Å². The molecule has 0 atom stereocenters. The average molecular weight is 209 g/mol. The maximum Gasteiger partial charge on any atom is 0.236 e. The van der Waals surface area contributed by atoms with E-state index in [1.54, 1.807) is 0 Å². The Morgan fingerprint density at radius 1 is 1.20 bits per heavy atom. The first-order valence-corrected chi connectivity index (χ1v) is 5.72. The summed E-state index contributed by atoms with van der Waals surface area (Å²) >= 11 is 0. The zero-order valence-corrected chi connectivity index (χ0v) is 9.11. The maximum absolute atomic E-state index is 11.9. The van der Waals surface area contributed by atoms with Gasteiger partial charge in [0.05, 0.1) is 6.54 Å². The third kappa shape index (κ3) is 3.04. The monoisotopic (exact) mass is 209 g/mol. The van der Waals surface area contributed by atoms with Gasteiger partial charge in [-0.25, -0.2) is 0 Å². The van der Waals surface area contributed by atoms with Crippen LogP contribution in [0.1, 0.15) is 6.42 Å². The van der Waals surface area contributed by atoms with Crippen molar-refractivity contribution in [3.05, 3.63) is 12.2 Å². The summed E-state index contributed by atoms with van der Waals surface area (Å²) in [7, 11) is 0. The van der Waals surface area contributed by atoms with Gasteiger partial charge in [0.25, 0.3) is 0 Å². The molecule has 0 aromatic rings. The van der Waals surface area contributed by atoms with Gasteiger partial charge in [0.1, 0.15) is 0 Å². The predicted octanol–water partition coefficient (Wildman–Crippen LogP) is -0.320. The molecule has 1 saturated heterocycles. The smallest absolute Gasteiger partial charge is 0.236 e. The minimum Gasteiger partial charge on any atom is -0.339 e. The third-order valence-electron chi connectivity index (χ3n) is 2.97. The van der Waals surface area contributed by atoms with Crippen LogP contribution in [0.5, 0.6) is 0 Å². The Balaban J connectivity index is 1.77. The van der Waals surface area contributed by atoms with Crippen LogP contribution in [0, 0.1) is 0 Å². The normalized spacial score (nSPS) is 23.1. The van der Waals surface area contributed by atoms with Crippen LogP contribution in [0.2, 0.25) is 0 Å². The van der Waals surface area contributed by atoms with Gasteiger partial charge < -0.3 is 10.2 Å². The van der Waals surface area contributed by atoms with Crippen molar-refractivity contribution in [2.75, 3.05) is 45.8 Å². The highest BCUT2D eigenvalue weighted by atomic mass is 16.2. The fourth-order valence-corrected chi connectivity index (χ4v) is 2.04. The van der Waals surface area contributed by atoms with Crippen LogP contribution < -0.4 is 5.32 Å². The lowest BCUT2D eigenvalue weighted by Crippen LogP contribution is -2.49. The summed E-state index contributed by atoms with van der Waals surface area (Å²) in [4.78, 5) is 16.1. The Labute approximate surface area is 90.9 Å². The molecule has 4 heteroatoms. The summed E-state index contributed by atoms with van der Waals surface area (Å²) in [5.74, 6) is 0.284. The summed E-state index contributed by atoms with van der Waals surface area (Å²) in [6.07, 6.45) is 5.41. The molecule has 0 radical (unpaired) electrons. The van der Waals surface area contributed by atoms with E-state index in [1.165, 1.54) is 0 Å². The number of nitrogens with one attached hydrogen (secondary N) is 1. The molecule has 15 heavy (non-hydrogen) atoms. The van der Waals surface area contributed by atoms with Crippen molar-refractivity contribution in [3.8, 4) is 0 Å². The van der Waals surface area contributed by atoms with Crippen molar-refractivity contribution >= 4 is 5.91 Å². The van der Waals surface area contributed by atoms with Crippen molar-refractivity contribution in [1.82, 2.24) is 15.1 Å². The highest BCUT2D eigenvalue weighted by molar-refractivity contribution is 5.78. The van der Waals surface area contributed by atoms with Crippen molar-refractivity contribution < 1.29 is 4.79 Å². The van der Waals surface area contributed by atoms with Crippen LogP contribution in [0.15, 0.2) is 12.2 Å². The van der Waals surface area contributed by atoms with Crippen LogP contribution in [-0.2, 0) is 4.79 Å². The van der Waals surface area contributed by atoms with Gasteiger partial charge in [-0.3, -0.25) is 9.69 Å². The highest BCUT2D eigenvalue weighted by Gasteiger charge is 2.18. The topological polar surface area (TPSA) is 35.6 Å². The zero-order chi connectivity index (χ0) is 10.5. The van der Waals surface area contributed by atoms with Crippen LogP contribution in [0.25, 0.3) is 0 Å². The first-order valence-electron chi connectivity index (χ1n) is 5.72. The molecular weight excluding hydrogens is 190 g/mol. The van der Waals surface area contributed by atoms with Gasteiger partial charge in [0.2, 0.25) is 5.91 Å². The lowest BCUT2D eigenvalue weighted by atomic mass is 10.2. The molecule has 0 aromatic heterocycles. The van der Waals surface area contributed by atoms with E-state index in [-0.39, 0.29) is 5.91 Å². The molecule has 0 unspecified atom stereocenters. The minimum absolute atomic E-state index is 0.284. The van der Waals surface area contributed by atoms with E-state index in [1.807, 2.05) is 4.90 Å². The molecular formula is C11H19N3O. The number of amides is 1. The van der Waals surface area contributed by atoms with Crippen molar-refractivity contribution in [2.24, 2.45) is 0 Å². The van der Waals surface area contributed by atoms with Crippen molar-refractivity contribution in [2.45, 2.75) is 6.42 Å². The fourth-order valence-electron chi connectivity index (χ4n) is 2.04. The number of rotatable bonds is 2. The molecule has 1 fully saturated rings. The zero-order valence-electron chi connectivity index (χ0n) is 9.11. The molecule has 84 valence electrons. The number of carbonyl (C=O) groups is 1. The van der Waals surface area contributed by atoms with Crippen LogP contribution in [0.3, 0.4) is 0 Å². The molecule has 2 heterocycles. The lowest BCUT2D eigenvalue weighted by molar-refractivity contribution is -0.132. The van der Waals surface area contributed by atoms with Gasteiger partial charge in [-0.15, -0.1) is 0 Å². The number of nitrogens with zero attached hydrogens (tertiary/aromatic N) is 2. The Bertz CT molecular complexity index is 246. The second-order valence-electron chi connectivity index (χ2n) is 4.13. The maximum atomic E-state index is 11.9. The van der Waals surface area contributed by atoms with Crippen molar-refractivity contribution in [3.63, 3.8) is 0 Å². The first kappa shape index (κ1) is 10.6. The summed E-state index contributed by atoms with van der Waals surface area (Å²) in [6, 6.07) is 0. The summed E-state index contributed by atoms with van der Waals surface area (Å²) in [5.41, 5.74) is 0. The second kappa shape index (κ2) is 5.28. The minimum atomic E-state index is 0.284. The van der Waals surface area contributed by atoms with E-state index in [4.69, 9.17) is 0 Å². The molecule has 2 aliphatic heterocycles. The molecule has 0 saturated carbocycles. The largest absolute Gasteiger partial charge is 0.339 e. The number of carbonyl (C=O) groups excluding carboxylic acids is 1.